The molecule has 3 aromatic rings. The summed E-state index contributed by atoms with van der Waals surface area (Å²) in [7, 11) is 3.99. The molecule has 0 aliphatic heterocycles. The Kier molecular flexibility index (Phi) is 6.31. The van der Waals surface area contributed by atoms with Crippen LogP contribution in [0.25, 0.3) is 10.8 Å². The van der Waals surface area contributed by atoms with Gasteiger partial charge >= 0.3 is 0 Å². The summed E-state index contributed by atoms with van der Waals surface area (Å²) in [6.45, 7) is 3.82. The number of carbonyl (C=O) groups excluding carboxylic acids is 1. The van der Waals surface area contributed by atoms with Gasteiger partial charge in [-0.15, -0.1) is 11.3 Å². The number of halogens is 1. The fourth-order valence-electron chi connectivity index (χ4n) is 2.63. The maximum Gasteiger partial charge on any atom is 0.273 e. The first-order valence-corrected chi connectivity index (χ1v) is 9.83. The molecular formula is C20H22ClN3O2S. The van der Waals surface area contributed by atoms with Crippen LogP contribution >= 0.6 is 22.9 Å². The number of amides is 1. The van der Waals surface area contributed by atoms with Gasteiger partial charge in [-0.25, -0.2) is 4.98 Å². The predicted octanol–water partition coefficient (Wildman–Crippen LogP) is 4.57. The number of benzene rings is 1. The van der Waals surface area contributed by atoms with Crippen LogP contribution in [0.3, 0.4) is 0 Å². The van der Waals surface area contributed by atoms with Crippen molar-refractivity contribution < 1.29 is 9.21 Å². The maximum atomic E-state index is 13.2. The van der Waals surface area contributed by atoms with Crippen LogP contribution in [-0.4, -0.2) is 47.9 Å². The van der Waals surface area contributed by atoms with E-state index in [-0.39, 0.29) is 5.91 Å². The van der Waals surface area contributed by atoms with Gasteiger partial charge in [-0.05, 0) is 50.8 Å². The van der Waals surface area contributed by atoms with Gasteiger partial charge in [-0.1, -0.05) is 23.7 Å². The second kappa shape index (κ2) is 8.69. The molecule has 0 aliphatic rings. The molecule has 0 saturated heterocycles. The Bertz CT molecular complexity index is 889. The van der Waals surface area contributed by atoms with Gasteiger partial charge in [0.1, 0.15) is 5.69 Å². The van der Waals surface area contributed by atoms with Gasteiger partial charge in [0.15, 0.2) is 10.8 Å². The van der Waals surface area contributed by atoms with Crippen LogP contribution in [0.5, 0.6) is 0 Å². The third kappa shape index (κ3) is 4.97. The quantitative estimate of drug-likeness (QED) is 0.579. The van der Waals surface area contributed by atoms with E-state index < -0.39 is 0 Å². The lowest BCUT2D eigenvalue weighted by Crippen LogP contribution is -2.36. The lowest BCUT2D eigenvalue weighted by atomic mass is 10.2. The minimum Gasteiger partial charge on any atom is -0.462 e. The first-order chi connectivity index (χ1) is 12.9. The molecule has 0 spiro atoms. The molecular weight excluding hydrogens is 382 g/mol. The summed E-state index contributed by atoms with van der Waals surface area (Å²) in [5.41, 5.74) is 1.52. The first kappa shape index (κ1) is 19.6. The summed E-state index contributed by atoms with van der Waals surface area (Å²) >= 11 is 7.45. The number of thiazole rings is 1. The molecule has 0 aliphatic carbocycles. The lowest BCUT2D eigenvalue weighted by Gasteiger charge is -2.24. The smallest absolute Gasteiger partial charge is 0.273 e. The fourth-order valence-corrected chi connectivity index (χ4v) is 3.63. The third-order valence-corrected chi connectivity index (χ3v) is 5.36. The minimum atomic E-state index is -0.0710. The summed E-state index contributed by atoms with van der Waals surface area (Å²) < 4.78 is 5.42. The van der Waals surface area contributed by atoms with Crippen LogP contribution < -0.4 is 0 Å². The van der Waals surface area contributed by atoms with Gasteiger partial charge in [-0.2, -0.15) is 0 Å². The van der Waals surface area contributed by atoms with E-state index in [1.54, 1.807) is 6.26 Å². The SMILES string of the molecule is Cc1sc(-c2ccco2)nc1C(=O)N(CCN(C)C)Cc1ccc(Cl)cc1. The van der Waals surface area contributed by atoms with E-state index in [9.17, 15) is 4.79 Å². The van der Waals surface area contributed by atoms with Crippen molar-refractivity contribution in [2.75, 3.05) is 27.2 Å². The Labute approximate surface area is 168 Å². The number of nitrogens with zero attached hydrogens (tertiary/aromatic N) is 3. The number of aryl methyl sites for hydroxylation is 1. The van der Waals surface area contributed by atoms with Gasteiger partial charge in [-0.3, -0.25) is 4.79 Å². The zero-order valence-corrected chi connectivity index (χ0v) is 17.2. The first-order valence-electron chi connectivity index (χ1n) is 8.64. The minimum absolute atomic E-state index is 0.0710. The highest BCUT2D eigenvalue weighted by molar-refractivity contribution is 7.15. The Balaban J connectivity index is 1.84. The Morgan fingerprint density at radius 1 is 1.19 bits per heavy atom. The summed E-state index contributed by atoms with van der Waals surface area (Å²) in [5, 5.41) is 1.41. The van der Waals surface area contributed by atoms with E-state index in [4.69, 9.17) is 16.0 Å². The van der Waals surface area contributed by atoms with E-state index >= 15 is 0 Å². The zero-order valence-electron chi connectivity index (χ0n) is 15.6. The number of carbonyl (C=O) groups is 1. The molecule has 0 N–H and O–H groups in total. The highest BCUT2D eigenvalue weighted by Gasteiger charge is 2.23. The van der Waals surface area contributed by atoms with E-state index in [1.165, 1.54) is 11.3 Å². The predicted molar refractivity (Wildman–Crippen MR) is 109 cm³/mol. The summed E-state index contributed by atoms with van der Waals surface area (Å²) in [4.78, 5) is 22.6. The standard InChI is InChI=1S/C20H22ClN3O2S/c1-14-18(22-19(27-14)17-5-4-12-26-17)20(25)24(11-10-23(2)3)13-15-6-8-16(21)9-7-15/h4-9,12H,10-11,13H2,1-3H3. The summed E-state index contributed by atoms with van der Waals surface area (Å²) in [5.74, 6) is 0.609. The number of rotatable bonds is 7. The van der Waals surface area contributed by atoms with Crippen LogP contribution in [-0.2, 0) is 6.54 Å². The largest absolute Gasteiger partial charge is 0.462 e. The number of hydrogen-bond donors (Lipinski definition) is 0. The monoisotopic (exact) mass is 403 g/mol. The van der Waals surface area contributed by atoms with Crippen LogP contribution in [0.2, 0.25) is 5.02 Å². The lowest BCUT2D eigenvalue weighted by molar-refractivity contribution is 0.0726. The Morgan fingerprint density at radius 3 is 2.56 bits per heavy atom. The van der Waals surface area contributed by atoms with Crippen molar-refractivity contribution >= 4 is 28.8 Å². The molecule has 142 valence electrons. The number of likely N-dealkylation sites (N-methyl/N-ethyl adjacent to an activating group) is 1. The molecule has 5 nitrogen and oxygen atoms in total. The van der Waals surface area contributed by atoms with E-state index in [1.807, 2.05) is 62.3 Å². The average Bonchev–Trinajstić information content (AvgIpc) is 3.29. The number of hydrogen-bond acceptors (Lipinski definition) is 5. The van der Waals surface area contributed by atoms with Crippen molar-refractivity contribution in [1.82, 2.24) is 14.8 Å². The molecule has 0 unspecified atom stereocenters. The highest BCUT2D eigenvalue weighted by Crippen LogP contribution is 2.28. The Hall–Kier alpha value is -2.15. The molecule has 2 aromatic heterocycles. The Morgan fingerprint density at radius 2 is 1.93 bits per heavy atom. The zero-order chi connectivity index (χ0) is 19.4. The van der Waals surface area contributed by atoms with Crippen LogP contribution in [0, 0.1) is 6.92 Å². The van der Waals surface area contributed by atoms with Crippen molar-refractivity contribution in [1.29, 1.82) is 0 Å². The fraction of sp³-hybridized carbons (Fsp3) is 0.300. The van der Waals surface area contributed by atoms with Gasteiger partial charge < -0.3 is 14.2 Å². The van der Waals surface area contributed by atoms with Gasteiger partial charge in [0.2, 0.25) is 0 Å². The van der Waals surface area contributed by atoms with Crippen molar-refractivity contribution in [2.24, 2.45) is 0 Å². The molecule has 0 bridgehead atoms. The van der Waals surface area contributed by atoms with E-state index in [0.29, 0.717) is 29.6 Å². The molecule has 0 atom stereocenters. The van der Waals surface area contributed by atoms with E-state index in [2.05, 4.69) is 9.88 Å². The molecule has 0 saturated carbocycles. The van der Waals surface area contributed by atoms with Crippen molar-refractivity contribution in [3.63, 3.8) is 0 Å². The van der Waals surface area contributed by atoms with E-state index in [0.717, 1.165) is 22.0 Å². The second-order valence-corrected chi connectivity index (χ2v) is 8.20. The van der Waals surface area contributed by atoms with Crippen LogP contribution in [0.15, 0.2) is 47.1 Å². The van der Waals surface area contributed by atoms with Crippen LogP contribution in [0.4, 0.5) is 0 Å². The topological polar surface area (TPSA) is 49.6 Å². The number of furan rings is 1. The van der Waals surface area contributed by atoms with Gasteiger partial charge in [0.05, 0.1) is 6.26 Å². The summed E-state index contributed by atoms with van der Waals surface area (Å²) in [6, 6.07) is 11.2. The molecule has 3 rings (SSSR count). The third-order valence-electron chi connectivity index (χ3n) is 4.12. The maximum absolute atomic E-state index is 13.2. The molecule has 2 heterocycles. The second-order valence-electron chi connectivity index (χ2n) is 6.56. The summed E-state index contributed by atoms with van der Waals surface area (Å²) in [6.07, 6.45) is 1.61. The average molecular weight is 404 g/mol. The molecule has 7 heteroatoms. The molecule has 0 radical (unpaired) electrons. The van der Waals surface area contributed by atoms with Gasteiger partial charge in [0.25, 0.3) is 5.91 Å². The molecule has 0 fully saturated rings. The van der Waals surface area contributed by atoms with Crippen molar-refractivity contribution in [3.05, 3.63) is 63.8 Å². The van der Waals surface area contributed by atoms with Gasteiger partial charge in [0, 0.05) is 29.5 Å². The molecule has 1 amide bonds. The molecule has 1 aromatic carbocycles. The molecule has 27 heavy (non-hydrogen) atoms. The van der Waals surface area contributed by atoms with Crippen molar-refractivity contribution in [3.8, 4) is 10.8 Å². The van der Waals surface area contributed by atoms with Crippen molar-refractivity contribution in [2.45, 2.75) is 13.5 Å². The van der Waals surface area contributed by atoms with Crippen LogP contribution in [0.1, 0.15) is 20.9 Å². The number of aromatic nitrogens is 1. The normalized spacial score (nSPS) is 11.1. The highest BCUT2D eigenvalue weighted by atomic mass is 35.5.